The third kappa shape index (κ3) is 15.5. The van der Waals surface area contributed by atoms with Crippen LogP contribution in [0.25, 0.3) is 0 Å². The average molecular weight is 235 g/mol. The van der Waals surface area contributed by atoms with Crippen LogP contribution in [0.5, 0.6) is 0 Å². The molecular weight excluding hydrogens is 204 g/mol. The molecule has 0 bridgehead atoms. The number of hydrogen-bond donors (Lipinski definition) is 0. The predicted molar refractivity (Wildman–Crippen MR) is 80.1 cm³/mol. The fourth-order valence-electron chi connectivity index (χ4n) is 1.99. The predicted octanol–water partition coefficient (Wildman–Crippen LogP) is 6.24. The molecule has 0 heteroatoms. The quantitative estimate of drug-likeness (QED) is 0.277. The van der Waals surface area contributed by atoms with Crippen molar-refractivity contribution in [2.75, 3.05) is 0 Å². The Morgan fingerprint density at radius 2 is 1.12 bits per heavy atom. The van der Waals surface area contributed by atoms with Crippen molar-refractivity contribution < 1.29 is 0 Å². The summed E-state index contributed by atoms with van der Waals surface area (Å²) in [5.74, 6) is 0. The van der Waals surface area contributed by atoms with Crippen LogP contribution >= 0.6 is 0 Å². The van der Waals surface area contributed by atoms with Gasteiger partial charge in [-0.3, -0.25) is 0 Å². The van der Waals surface area contributed by atoms with Crippen LogP contribution in [0.15, 0.2) is 24.3 Å². The van der Waals surface area contributed by atoms with Gasteiger partial charge in [0, 0.05) is 0 Å². The summed E-state index contributed by atoms with van der Waals surface area (Å²) in [5, 5.41) is 0. The van der Waals surface area contributed by atoms with Gasteiger partial charge in [-0.2, -0.15) is 0 Å². The molecule has 0 aliphatic heterocycles. The zero-order valence-corrected chi connectivity index (χ0v) is 11.8. The van der Waals surface area contributed by atoms with E-state index in [0.29, 0.717) is 0 Å². The van der Waals surface area contributed by atoms with Gasteiger partial charge in [0.15, 0.2) is 0 Å². The van der Waals surface area contributed by atoms with Crippen molar-refractivity contribution in [2.45, 2.75) is 77.6 Å². The molecule has 0 amide bonds. The summed E-state index contributed by atoms with van der Waals surface area (Å²) in [5.41, 5.74) is 0. The monoisotopic (exact) mass is 235 g/mol. The number of unbranched alkanes of at least 4 members (excludes halogenated alkanes) is 9. The highest BCUT2D eigenvalue weighted by Crippen LogP contribution is 2.11. The molecule has 0 fully saturated rings. The maximum Gasteiger partial charge on any atom is -0.0351 e. The Labute approximate surface area is 109 Å². The Balaban J connectivity index is 2.96. The summed E-state index contributed by atoms with van der Waals surface area (Å²) < 4.78 is 0. The van der Waals surface area contributed by atoms with E-state index >= 15 is 0 Å². The first kappa shape index (κ1) is 16.5. The standard InChI is InChI=1S/C17H31/c1-3-5-7-9-11-13-15-17-16-14-12-10-8-6-4-2/h4-7H,1,3,8-17H2,2H3/b6-4+,7-5+. The first-order chi connectivity index (χ1) is 8.41. The number of rotatable bonds is 12. The van der Waals surface area contributed by atoms with E-state index in [4.69, 9.17) is 0 Å². The molecule has 0 N–H and O–H groups in total. The third-order valence-electron chi connectivity index (χ3n) is 3.06. The molecule has 0 unspecified atom stereocenters. The van der Waals surface area contributed by atoms with E-state index in [1.165, 1.54) is 64.2 Å². The minimum atomic E-state index is 0.938. The lowest BCUT2D eigenvalue weighted by Gasteiger charge is -2.00. The molecule has 0 aromatic heterocycles. The van der Waals surface area contributed by atoms with Crippen LogP contribution in [0.1, 0.15) is 77.6 Å². The van der Waals surface area contributed by atoms with E-state index in [1.807, 2.05) is 0 Å². The van der Waals surface area contributed by atoms with Crippen molar-refractivity contribution in [3.8, 4) is 0 Å². The van der Waals surface area contributed by atoms with Gasteiger partial charge in [-0.05, 0) is 46.0 Å². The van der Waals surface area contributed by atoms with Gasteiger partial charge in [0.2, 0.25) is 0 Å². The number of hydrogen-bond acceptors (Lipinski definition) is 0. The van der Waals surface area contributed by atoms with Crippen molar-refractivity contribution >= 4 is 0 Å². The second-order valence-electron chi connectivity index (χ2n) is 4.73. The Hall–Kier alpha value is -0.520. The second-order valence-corrected chi connectivity index (χ2v) is 4.73. The fraction of sp³-hybridized carbons (Fsp3) is 0.706. The molecule has 0 aliphatic rings. The highest BCUT2D eigenvalue weighted by atomic mass is 14.0. The molecule has 0 atom stereocenters. The molecule has 0 nitrogen and oxygen atoms in total. The molecule has 0 aromatic carbocycles. The summed E-state index contributed by atoms with van der Waals surface area (Å²) in [6, 6.07) is 0. The number of allylic oxidation sites excluding steroid dienone is 4. The second kappa shape index (κ2) is 15.5. The van der Waals surface area contributed by atoms with Gasteiger partial charge in [-0.25, -0.2) is 0 Å². The summed E-state index contributed by atoms with van der Waals surface area (Å²) >= 11 is 0. The van der Waals surface area contributed by atoms with E-state index in [2.05, 4.69) is 38.2 Å². The Bertz CT molecular complexity index is 176. The van der Waals surface area contributed by atoms with Gasteiger partial charge in [-0.1, -0.05) is 62.8 Å². The van der Waals surface area contributed by atoms with E-state index in [0.717, 1.165) is 6.42 Å². The smallest absolute Gasteiger partial charge is 0.0351 e. The minimum absolute atomic E-state index is 0.938. The molecule has 0 spiro atoms. The summed E-state index contributed by atoms with van der Waals surface area (Å²) in [4.78, 5) is 0. The van der Waals surface area contributed by atoms with Gasteiger partial charge in [0.1, 0.15) is 0 Å². The largest absolute Gasteiger partial charge is 0.0917 e. The van der Waals surface area contributed by atoms with Crippen LogP contribution in [0, 0.1) is 6.92 Å². The van der Waals surface area contributed by atoms with Crippen LogP contribution in [0.3, 0.4) is 0 Å². The van der Waals surface area contributed by atoms with Crippen molar-refractivity contribution in [1.29, 1.82) is 0 Å². The van der Waals surface area contributed by atoms with Crippen molar-refractivity contribution in [1.82, 2.24) is 0 Å². The van der Waals surface area contributed by atoms with Crippen LogP contribution < -0.4 is 0 Å². The third-order valence-corrected chi connectivity index (χ3v) is 3.06. The normalized spacial score (nSPS) is 11.9. The molecule has 17 heavy (non-hydrogen) atoms. The highest BCUT2D eigenvalue weighted by Gasteiger charge is 1.91. The topological polar surface area (TPSA) is 0 Å². The highest BCUT2D eigenvalue weighted by molar-refractivity contribution is 4.81. The zero-order valence-electron chi connectivity index (χ0n) is 11.8. The van der Waals surface area contributed by atoms with Gasteiger partial charge in [0.25, 0.3) is 0 Å². The van der Waals surface area contributed by atoms with Crippen molar-refractivity contribution in [2.24, 2.45) is 0 Å². The van der Waals surface area contributed by atoms with Gasteiger partial charge >= 0.3 is 0 Å². The lowest BCUT2D eigenvalue weighted by atomic mass is 10.1. The summed E-state index contributed by atoms with van der Waals surface area (Å²) in [6.07, 6.45) is 23.6. The van der Waals surface area contributed by atoms with Crippen LogP contribution in [0.4, 0.5) is 0 Å². The molecule has 99 valence electrons. The maximum absolute atomic E-state index is 3.79. The van der Waals surface area contributed by atoms with Gasteiger partial charge in [-0.15, -0.1) is 0 Å². The first-order valence-corrected chi connectivity index (χ1v) is 7.47. The SMILES string of the molecule is [CH2]C/C=C/CCCCCCCCCC/C=C/C. The van der Waals surface area contributed by atoms with E-state index < -0.39 is 0 Å². The molecule has 0 heterocycles. The van der Waals surface area contributed by atoms with E-state index in [-0.39, 0.29) is 0 Å². The van der Waals surface area contributed by atoms with Crippen molar-refractivity contribution in [3.05, 3.63) is 31.2 Å². The zero-order chi connectivity index (χ0) is 12.6. The molecule has 0 saturated carbocycles. The van der Waals surface area contributed by atoms with Crippen LogP contribution in [-0.2, 0) is 0 Å². The van der Waals surface area contributed by atoms with E-state index in [1.54, 1.807) is 0 Å². The first-order valence-electron chi connectivity index (χ1n) is 7.47. The van der Waals surface area contributed by atoms with Gasteiger partial charge in [0.05, 0.1) is 0 Å². The van der Waals surface area contributed by atoms with Gasteiger partial charge < -0.3 is 0 Å². The maximum atomic E-state index is 3.79. The summed E-state index contributed by atoms with van der Waals surface area (Å²) in [7, 11) is 0. The van der Waals surface area contributed by atoms with Crippen LogP contribution in [0.2, 0.25) is 0 Å². The molecular formula is C17H31. The molecule has 0 rings (SSSR count). The average Bonchev–Trinajstić information content (AvgIpc) is 2.35. The lowest BCUT2D eigenvalue weighted by molar-refractivity contribution is 0.571. The molecule has 0 aromatic rings. The molecule has 0 saturated heterocycles. The molecule has 0 aliphatic carbocycles. The Morgan fingerprint density at radius 3 is 1.59 bits per heavy atom. The fourth-order valence-corrected chi connectivity index (χ4v) is 1.99. The summed E-state index contributed by atoms with van der Waals surface area (Å²) in [6.45, 7) is 5.89. The van der Waals surface area contributed by atoms with Crippen LogP contribution in [-0.4, -0.2) is 0 Å². The Kier molecular flexibility index (Phi) is 15.0. The molecule has 1 radical (unpaired) electrons. The lowest BCUT2D eigenvalue weighted by Crippen LogP contribution is -1.81. The van der Waals surface area contributed by atoms with Crippen molar-refractivity contribution in [3.63, 3.8) is 0 Å². The Morgan fingerprint density at radius 1 is 0.647 bits per heavy atom. The van der Waals surface area contributed by atoms with E-state index in [9.17, 15) is 0 Å². The minimum Gasteiger partial charge on any atom is -0.0917 e.